The molecule has 2 aliphatic rings. The third-order valence-electron chi connectivity index (χ3n) is 5.46. The van der Waals surface area contributed by atoms with Gasteiger partial charge in [0.2, 0.25) is 0 Å². The van der Waals surface area contributed by atoms with E-state index in [4.69, 9.17) is 0 Å². The van der Waals surface area contributed by atoms with Crippen molar-refractivity contribution in [2.45, 2.75) is 0 Å². The van der Waals surface area contributed by atoms with Crippen molar-refractivity contribution in [3.8, 4) is 0 Å². The second kappa shape index (κ2) is 7.48. The third-order valence-corrected chi connectivity index (χ3v) is 10.7. The molecule has 0 atom stereocenters. The molecule has 0 spiro atoms. The van der Waals surface area contributed by atoms with Gasteiger partial charge in [0.25, 0.3) is 0 Å². The van der Waals surface area contributed by atoms with Gasteiger partial charge in [-0.2, -0.15) is 0 Å². The van der Waals surface area contributed by atoms with E-state index in [0.29, 0.717) is 16.7 Å². The van der Waals surface area contributed by atoms with E-state index in [9.17, 15) is 9.59 Å². The van der Waals surface area contributed by atoms with Crippen LogP contribution in [-0.2, 0) is 0 Å². The molecule has 0 saturated carbocycles. The van der Waals surface area contributed by atoms with Gasteiger partial charge in [0, 0.05) is 0 Å². The van der Waals surface area contributed by atoms with E-state index in [-0.39, 0.29) is 26.5 Å². The van der Waals surface area contributed by atoms with Gasteiger partial charge in [-0.1, -0.05) is 0 Å². The van der Waals surface area contributed by atoms with Crippen molar-refractivity contribution in [3.63, 3.8) is 0 Å². The maximum atomic E-state index is 12.8. The topological polar surface area (TPSA) is 37.4 Å². The summed E-state index contributed by atoms with van der Waals surface area (Å²) in [5.74, 6) is -0.308. The van der Waals surface area contributed by atoms with E-state index < -0.39 is 20.4 Å². The van der Waals surface area contributed by atoms with Crippen LogP contribution in [0.5, 0.6) is 0 Å². The van der Waals surface area contributed by atoms with Gasteiger partial charge in [-0.3, -0.25) is 0 Å². The molecule has 3 aromatic carbocycles. The van der Waals surface area contributed by atoms with Crippen LogP contribution in [0, 0.1) is 0 Å². The Hall–Kier alpha value is -2.67. The van der Waals surface area contributed by atoms with Crippen LogP contribution in [0.15, 0.2) is 90.5 Å². The van der Waals surface area contributed by atoms with E-state index in [0.717, 1.165) is 3.58 Å². The molecule has 4 aromatic rings. The molecule has 1 aliphatic carbocycles. The van der Waals surface area contributed by atoms with Gasteiger partial charge >= 0.3 is 197 Å². The summed E-state index contributed by atoms with van der Waals surface area (Å²) in [6.45, 7) is 0. The summed E-state index contributed by atoms with van der Waals surface area (Å²) in [7, 11) is 0. The summed E-state index contributed by atoms with van der Waals surface area (Å²) in [5.41, 5.74) is 3.84. The molecule has 1 aliphatic heterocycles. The minimum atomic E-state index is -0.745. The first-order valence-corrected chi connectivity index (χ1v) is 13.9. The van der Waals surface area contributed by atoms with Gasteiger partial charge < -0.3 is 0 Å². The molecule has 3 nitrogen and oxygen atoms in total. The Kier molecular flexibility index (Phi) is 4.60. The van der Waals surface area contributed by atoms with E-state index in [1.54, 1.807) is 12.1 Å². The Bertz CT molecular complexity index is 1340. The second-order valence-corrected chi connectivity index (χ2v) is 12.7. The monoisotopic (exact) mass is 583 g/mol. The normalized spacial score (nSPS) is 14.3. The predicted octanol–water partition coefficient (Wildman–Crippen LogP) is 3.64. The van der Waals surface area contributed by atoms with Crippen molar-refractivity contribution in [2.75, 3.05) is 4.90 Å². The van der Waals surface area contributed by atoms with Crippen LogP contribution in [-0.4, -0.2) is 47.0 Å². The molecule has 0 bridgehead atoms. The van der Waals surface area contributed by atoms with Crippen molar-refractivity contribution >= 4 is 77.0 Å². The van der Waals surface area contributed by atoms with Crippen LogP contribution in [0.25, 0.3) is 6.08 Å². The van der Waals surface area contributed by atoms with Crippen molar-refractivity contribution in [2.24, 2.45) is 0 Å². The van der Waals surface area contributed by atoms with Crippen molar-refractivity contribution in [1.82, 2.24) is 0 Å². The fourth-order valence-corrected chi connectivity index (χ4v) is 9.04. The van der Waals surface area contributed by atoms with Gasteiger partial charge in [0.15, 0.2) is 0 Å². The van der Waals surface area contributed by atoms with Crippen LogP contribution in [0.2, 0.25) is 0 Å². The molecule has 0 radical (unpaired) electrons. The molecular formula is C26H15NO2SeTe. The quantitative estimate of drug-likeness (QED) is 0.182. The number of rotatable bonds is 2. The molecular weight excluding hydrogens is 565 g/mol. The fraction of sp³-hybridized carbons (Fsp3) is 0. The molecule has 148 valence electrons. The number of Topliss-reactive ketones (excluding diaryl/α,β-unsaturated/α-hetero) is 2. The molecule has 31 heavy (non-hydrogen) atoms. The number of carbonyl (C=O) groups is 2. The zero-order chi connectivity index (χ0) is 20.9. The average Bonchev–Trinajstić information content (AvgIpc) is 3.36. The molecule has 5 heteroatoms. The van der Waals surface area contributed by atoms with Crippen LogP contribution >= 0.6 is 0 Å². The summed E-state index contributed by atoms with van der Waals surface area (Å²) in [5, 5.41) is 0. The molecule has 0 amide bonds. The van der Waals surface area contributed by atoms with Crippen molar-refractivity contribution < 1.29 is 9.59 Å². The van der Waals surface area contributed by atoms with Crippen LogP contribution in [0.4, 0.5) is 15.1 Å². The molecule has 0 fully saturated rings. The van der Waals surface area contributed by atoms with E-state index in [2.05, 4.69) is 65.6 Å². The van der Waals surface area contributed by atoms with Gasteiger partial charge in [0.05, 0.1) is 0 Å². The number of anilines is 3. The number of ketones is 2. The van der Waals surface area contributed by atoms with Crippen molar-refractivity contribution in [3.05, 3.63) is 105 Å². The summed E-state index contributed by atoms with van der Waals surface area (Å²) < 4.78 is 5.15. The summed E-state index contributed by atoms with van der Waals surface area (Å²) >= 11 is -0.458. The Morgan fingerprint density at radius 2 is 1.23 bits per heavy atom. The molecule has 2 heterocycles. The fourth-order valence-electron chi connectivity index (χ4n) is 4.03. The van der Waals surface area contributed by atoms with Crippen molar-refractivity contribution in [1.29, 1.82) is 0 Å². The number of carbonyl (C=O) groups excluding carboxylic acids is 2. The van der Waals surface area contributed by atoms with Crippen LogP contribution in [0.3, 0.4) is 0 Å². The Morgan fingerprint density at radius 3 is 1.84 bits per heavy atom. The van der Waals surface area contributed by atoms with Gasteiger partial charge in [-0.15, -0.1) is 0 Å². The Balaban J connectivity index is 1.43. The SMILES string of the molecule is O=C1C(=Cc2ccc(N3c4ccccc4[Se]c4ccccc43)[te]2)C(=O)c2ccccc21. The molecule has 6 rings (SSSR count). The van der Waals surface area contributed by atoms with Gasteiger partial charge in [-0.25, -0.2) is 0 Å². The number of fused-ring (bicyclic) bond motifs is 3. The number of para-hydroxylation sites is 2. The average molecular weight is 580 g/mol. The molecule has 1 aromatic heterocycles. The van der Waals surface area contributed by atoms with Gasteiger partial charge in [0.1, 0.15) is 0 Å². The zero-order valence-electron chi connectivity index (χ0n) is 16.2. The summed E-state index contributed by atoms with van der Waals surface area (Å²) in [6, 6.07) is 28.6. The van der Waals surface area contributed by atoms with E-state index in [1.807, 2.05) is 18.2 Å². The van der Waals surface area contributed by atoms with Crippen LogP contribution < -0.4 is 13.8 Å². The van der Waals surface area contributed by atoms with E-state index in [1.165, 1.54) is 24.0 Å². The Labute approximate surface area is 195 Å². The maximum absolute atomic E-state index is 12.8. The number of allylic oxidation sites excluding steroid dienone is 1. The molecule has 0 unspecified atom stereocenters. The standard InChI is InChI=1S/C26H15NO2SeTe/c28-25-17-7-1-2-8-18(17)26(29)19(25)15-16-13-14-24(31-16)27-20-9-3-5-11-22(20)30-23-12-6-4-10-21(23)27/h1-15H. The third kappa shape index (κ3) is 3.09. The number of hydrogen-bond acceptors (Lipinski definition) is 3. The van der Waals surface area contributed by atoms with Gasteiger partial charge in [-0.05, 0) is 0 Å². The number of nitrogens with zero attached hydrogens (tertiary/aromatic N) is 1. The zero-order valence-corrected chi connectivity index (χ0v) is 20.3. The number of benzene rings is 3. The first kappa shape index (κ1) is 19.0. The predicted molar refractivity (Wildman–Crippen MR) is 126 cm³/mol. The first-order chi connectivity index (χ1) is 15.2. The first-order valence-electron chi connectivity index (χ1n) is 9.87. The second-order valence-electron chi connectivity index (χ2n) is 7.31. The summed E-state index contributed by atoms with van der Waals surface area (Å²) in [4.78, 5) is 27.9. The summed E-state index contributed by atoms with van der Waals surface area (Å²) in [6.07, 6.45) is 1.84. The van der Waals surface area contributed by atoms with Crippen LogP contribution in [0.1, 0.15) is 24.3 Å². The molecule has 0 N–H and O–H groups in total. The van der Waals surface area contributed by atoms with E-state index >= 15 is 0 Å². The molecule has 0 saturated heterocycles. The minimum absolute atomic E-state index is 0.154. The Morgan fingerprint density at radius 1 is 0.677 bits per heavy atom. The number of hydrogen-bond donors (Lipinski definition) is 0.